The number of carboxylic acids is 2. The molecule has 3 N–H and O–H groups in total. The molecule has 0 aromatic heterocycles. The van der Waals surface area contributed by atoms with Crippen molar-refractivity contribution < 1.29 is 24.5 Å². The van der Waals surface area contributed by atoms with Gasteiger partial charge in [0.05, 0.1) is 7.11 Å². The zero-order valence-corrected chi connectivity index (χ0v) is 14.5. The van der Waals surface area contributed by atoms with E-state index < -0.39 is 11.9 Å². The monoisotopic (exact) mass is 365 g/mol. The summed E-state index contributed by atoms with van der Waals surface area (Å²) in [7, 11) is 1.71. The van der Waals surface area contributed by atoms with Gasteiger partial charge in [0, 0.05) is 11.6 Å². The van der Waals surface area contributed by atoms with Crippen LogP contribution in [0.1, 0.15) is 11.1 Å². The number of benzene rings is 2. The first kappa shape index (κ1) is 20.5. The third-order valence-electron chi connectivity index (χ3n) is 3.19. The van der Waals surface area contributed by atoms with E-state index in [2.05, 4.69) is 11.4 Å². The fourth-order valence-corrected chi connectivity index (χ4v) is 2.09. The Morgan fingerprint density at radius 1 is 1.04 bits per heavy atom. The third-order valence-corrected chi connectivity index (χ3v) is 3.44. The summed E-state index contributed by atoms with van der Waals surface area (Å²) < 4.78 is 5.33. The summed E-state index contributed by atoms with van der Waals surface area (Å²) in [5.74, 6) is -2.69. The Labute approximate surface area is 151 Å². The van der Waals surface area contributed by atoms with Crippen LogP contribution in [-0.4, -0.2) is 35.8 Å². The number of methoxy groups -OCH3 is 1. The maximum Gasteiger partial charge on any atom is 0.414 e. The molecule has 0 radical (unpaired) electrons. The Morgan fingerprint density at radius 3 is 2.20 bits per heavy atom. The molecule has 2 aromatic carbocycles. The Balaban J connectivity index is 0.000000450. The maximum absolute atomic E-state index is 9.10. The molecule has 2 rings (SSSR count). The van der Waals surface area contributed by atoms with Crippen LogP contribution in [0.4, 0.5) is 0 Å². The lowest BCUT2D eigenvalue weighted by Crippen LogP contribution is -2.16. The van der Waals surface area contributed by atoms with Crippen molar-refractivity contribution in [1.29, 1.82) is 0 Å². The van der Waals surface area contributed by atoms with Gasteiger partial charge in [-0.1, -0.05) is 41.9 Å². The molecular weight excluding hydrogens is 346 g/mol. The zero-order valence-electron chi connectivity index (χ0n) is 13.7. The first-order chi connectivity index (χ1) is 11.9. The molecule has 0 fully saturated rings. The number of nitrogens with one attached hydrogen (secondary N) is 1. The smallest absolute Gasteiger partial charge is 0.414 e. The van der Waals surface area contributed by atoms with Crippen LogP contribution in [0.3, 0.4) is 0 Å². The molecule has 0 spiro atoms. The largest absolute Gasteiger partial charge is 0.496 e. The van der Waals surface area contributed by atoms with Gasteiger partial charge in [-0.2, -0.15) is 0 Å². The molecule has 6 nitrogen and oxygen atoms in total. The van der Waals surface area contributed by atoms with E-state index in [0.717, 1.165) is 30.3 Å². The van der Waals surface area contributed by atoms with E-state index in [4.69, 9.17) is 36.1 Å². The summed E-state index contributed by atoms with van der Waals surface area (Å²) >= 11 is 5.85. The lowest BCUT2D eigenvalue weighted by Gasteiger charge is -2.09. The van der Waals surface area contributed by atoms with Gasteiger partial charge in [-0.25, -0.2) is 9.59 Å². The summed E-state index contributed by atoms with van der Waals surface area (Å²) in [5, 5.41) is 19.0. The highest BCUT2D eigenvalue weighted by Gasteiger charge is 2.04. The van der Waals surface area contributed by atoms with E-state index in [1.807, 2.05) is 42.5 Å². The van der Waals surface area contributed by atoms with E-state index in [9.17, 15) is 0 Å². The molecule has 0 saturated heterocycles. The van der Waals surface area contributed by atoms with Crippen LogP contribution in [0.15, 0.2) is 48.5 Å². The first-order valence-corrected chi connectivity index (χ1v) is 7.85. The molecular formula is C18H20ClNO5. The Morgan fingerprint density at radius 2 is 1.64 bits per heavy atom. The van der Waals surface area contributed by atoms with Gasteiger partial charge in [-0.3, -0.25) is 0 Å². The number of halogens is 1. The molecule has 2 aromatic rings. The minimum absolute atomic E-state index is 0.776. The van der Waals surface area contributed by atoms with E-state index >= 15 is 0 Å². The van der Waals surface area contributed by atoms with Crippen LogP contribution in [-0.2, 0) is 22.6 Å². The molecule has 0 amide bonds. The predicted octanol–water partition coefficient (Wildman–Crippen LogP) is 2.84. The fraction of sp³-hybridized carbons (Fsp3) is 0.222. The predicted molar refractivity (Wildman–Crippen MR) is 95.1 cm³/mol. The van der Waals surface area contributed by atoms with Crippen LogP contribution in [0.5, 0.6) is 5.75 Å². The lowest BCUT2D eigenvalue weighted by molar-refractivity contribution is -0.159. The Kier molecular flexibility index (Phi) is 9.06. The Hall–Kier alpha value is -2.57. The van der Waals surface area contributed by atoms with Gasteiger partial charge < -0.3 is 20.3 Å². The highest BCUT2D eigenvalue weighted by molar-refractivity contribution is 6.30. The third kappa shape index (κ3) is 8.19. The lowest BCUT2D eigenvalue weighted by atomic mass is 10.1. The van der Waals surface area contributed by atoms with Gasteiger partial charge in [0.25, 0.3) is 0 Å². The minimum atomic E-state index is -1.82. The fourth-order valence-electron chi connectivity index (χ4n) is 1.97. The maximum atomic E-state index is 9.10. The Bertz CT molecular complexity index is 676. The van der Waals surface area contributed by atoms with Crippen LogP contribution in [0, 0.1) is 0 Å². The van der Waals surface area contributed by atoms with Gasteiger partial charge in [0.2, 0.25) is 0 Å². The number of aliphatic carboxylic acids is 2. The number of ether oxygens (including phenoxy) is 1. The van der Waals surface area contributed by atoms with Crippen molar-refractivity contribution in [2.24, 2.45) is 0 Å². The molecule has 0 aliphatic heterocycles. The summed E-state index contributed by atoms with van der Waals surface area (Å²) in [6, 6.07) is 16.0. The van der Waals surface area contributed by atoms with E-state index in [0.29, 0.717) is 0 Å². The van der Waals surface area contributed by atoms with Gasteiger partial charge in [0.1, 0.15) is 5.75 Å². The van der Waals surface area contributed by atoms with Crippen molar-refractivity contribution >= 4 is 23.5 Å². The molecule has 134 valence electrons. The highest BCUT2D eigenvalue weighted by atomic mass is 35.5. The van der Waals surface area contributed by atoms with Crippen LogP contribution >= 0.6 is 11.6 Å². The zero-order chi connectivity index (χ0) is 18.7. The second-order valence-electron chi connectivity index (χ2n) is 4.98. The summed E-state index contributed by atoms with van der Waals surface area (Å²) in [5.41, 5.74) is 2.47. The van der Waals surface area contributed by atoms with E-state index in [1.165, 1.54) is 11.1 Å². The van der Waals surface area contributed by atoms with Crippen molar-refractivity contribution in [3.05, 3.63) is 64.7 Å². The van der Waals surface area contributed by atoms with Crippen LogP contribution < -0.4 is 10.1 Å². The standard InChI is InChI=1S/C16H18ClNO.C2H2O4/c1-19-16-5-3-2-4-14(16)10-11-18-12-13-6-8-15(17)9-7-13;3-1(4)2(5)6/h2-9,18H,10-12H2,1H3;(H,3,4)(H,5,6). The minimum Gasteiger partial charge on any atom is -0.496 e. The van der Waals surface area contributed by atoms with Crippen molar-refractivity contribution in [2.75, 3.05) is 13.7 Å². The quantitative estimate of drug-likeness (QED) is 0.538. The average Bonchev–Trinajstić information content (AvgIpc) is 2.61. The van der Waals surface area contributed by atoms with Gasteiger partial charge in [-0.15, -0.1) is 0 Å². The van der Waals surface area contributed by atoms with Gasteiger partial charge >= 0.3 is 11.9 Å². The topological polar surface area (TPSA) is 95.9 Å². The van der Waals surface area contributed by atoms with Gasteiger partial charge in [0.15, 0.2) is 0 Å². The van der Waals surface area contributed by atoms with Crippen molar-refractivity contribution in [2.45, 2.75) is 13.0 Å². The average molecular weight is 366 g/mol. The number of carboxylic acid groups (broad SMARTS) is 2. The summed E-state index contributed by atoms with van der Waals surface area (Å²) in [4.78, 5) is 18.2. The summed E-state index contributed by atoms with van der Waals surface area (Å²) in [6.45, 7) is 1.77. The molecule has 0 heterocycles. The molecule has 0 bridgehead atoms. The molecule has 0 saturated carbocycles. The normalized spacial score (nSPS) is 9.68. The molecule has 0 aliphatic rings. The number of para-hydroxylation sites is 1. The molecule has 0 atom stereocenters. The van der Waals surface area contributed by atoms with Crippen LogP contribution in [0.2, 0.25) is 5.02 Å². The summed E-state index contributed by atoms with van der Waals surface area (Å²) in [6.07, 6.45) is 0.956. The van der Waals surface area contributed by atoms with Crippen LogP contribution in [0.25, 0.3) is 0 Å². The van der Waals surface area contributed by atoms with E-state index in [1.54, 1.807) is 7.11 Å². The first-order valence-electron chi connectivity index (χ1n) is 7.47. The van der Waals surface area contributed by atoms with E-state index in [-0.39, 0.29) is 0 Å². The molecule has 0 aliphatic carbocycles. The van der Waals surface area contributed by atoms with Crippen molar-refractivity contribution in [3.8, 4) is 5.75 Å². The van der Waals surface area contributed by atoms with Crippen molar-refractivity contribution in [3.63, 3.8) is 0 Å². The molecule has 25 heavy (non-hydrogen) atoms. The molecule has 0 unspecified atom stereocenters. The van der Waals surface area contributed by atoms with Gasteiger partial charge in [-0.05, 0) is 42.3 Å². The highest BCUT2D eigenvalue weighted by Crippen LogP contribution is 2.17. The number of hydrogen-bond donors (Lipinski definition) is 3. The SMILES string of the molecule is COc1ccccc1CCNCc1ccc(Cl)cc1.O=C(O)C(=O)O. The second-order valence-corrected chi connectivity index (χ2v) is 5.41. The number of carbonyl (C=O) groups is 2. The number of hydrogen-bond acceptors (Lipinski definition) is 4. The number of rotatable bonds is 6. The van der Waals surface area contributed by atoms with Crippen molar-refractivity contribution in [1.82, 2.24) is 5.32 Å². The second kappa shape index (κ2) is 11.1. The molecule has 7 heteroatoms.